The van der Waals surface area contributed by atoms with Gasteiger partial charge in [0.15, 0.2) is 5.78 Å². The second-order valence-corrected chi connectivity index (χ2v) is 6.32. The molecule has 0 saturated heterocycles. The Morgan fingerprint density at radius 1 is 1.10 bits per heavy atom. The van der Waals surface area contributed by atoms with Crippen molar-refractivity contribution in [2.24, 2.45) is 0 Å². The van der Waals surface area contributed by atoms with Gasteiger partial charge in [0.25, 0.3) is 0 Å². The van der Waals surface area contributed by atoms with Crippen LogP contribution in [-0.2, 0) is 0 Å². The fourth-order valence-corrected chi connectivity index (χ4v) is 3.16. The van der Waals surface area contributed by atoms with Crippen molar-refractivity contribution in [1.82, 2.24) is 4.98 Å². The SMILES string of the molecule is O=C(c1cc(Cl)ccc1I)c1c[nH]c2cccc(Cl)c12. The van der Waals surface area contributed by atoms with Crippen LogP contribution in [0.2, 0.25) is 10.0 Å². The zero-order valence-electron chi connectivity index (χ0n) is 10.1. The summed E-state index contributed by atoms with van der Waals surface area (Å²) < 4.78 is 0.860. The van der Waals surface area contributed by atoms with E-state index in [-0.39, 0.29) is 5.78 Å². The first kappa shape index (κ1) is 13.9. The summed E-state index contributed by atoms with van der Waals surface area (Å²) in [5.74, 6) is -0.0868. The number of ketones is 1. The molecule has 100 valence electrons. The third-order valence-electron chi connectivity index (χ3n) is 3.07. The summed E-state index contributed by atoms with van der Waals surface area (Å²) in [4.78, 5) is 15.8. The fraction of sp³-hybridized carbons (Fsp3) is 0. The Morgan fingerprint density at radius 2 is 1.90 bits per heavy atom. The summed E-state index contributed by atoms with van der Waals surface area (Å²) in [7, 11) is 0. The molecule has 0 aliphatic heterocycles. The molecule has 0 aliphatic rings. The highest BCUT2D eigenvalue weighted by atomic mass is 127. The molecule has 0 amide bonds. The van der Waals surface area contributed by atoms with Crippen LogP contribution in [0.25, 0.3) is 10.9 Å². The first-order valence-electron chi connectivity index (χ1n) is 5.83. The summed E-state index contributed by atoms with van der Waals surface area (Å²) in [6.45, 7) is 0. The van der Waals surface area contributed by atoms with E-state index >= 15 is 0 Å². The van der Waals surface area contributed by atoms with E-state index < -0.39 is 0 Å². The maximum absolute atomic E-state index is 12.7. The highest BCUT2D eigenvalue weighted by molar-refractivity contribution is 14.1. The lowest BCUT2D eigenvalue weighted by Crippen LogP contribution is -2.03. The van der Waals surface area contributed by atoms with Gasteiger partial charge < -0.3 is 4.98 Å². The number of halogens is 3. The van der Waals surface area contributed by atoms with Crippen LogP contribution < -0.4 is 0 Å². The molecule has 3 aromatic rings. The van der Waals surface area contributed by atoms with E-state index in [9.17, 15) is 4.79 Å². The Hall–Kier alpha value is -1.04. The summed E-state index contributed by atoms with van der Waals surface area (Å²) in [6, 6.07) is 10.8. The Labute approximate surface area is 139 Å². The molecule has 0 atom stereocenters. The second kappa shape index (κ2) is 5.39. The lowest BCUT2D eigenvalue weighted by atomic mass is 10.0. The van der Waals surface area contributed by atoms with Gasteiger partial charge in [0.1, 0.15) is 0 Å². The molecule has 1 aromatic heterocycles. The molecule has 0 saturated carbocycles. The van der Waals surface area contributed by atoms with Gasteiger partial charge in [-0.2, -0.15) is 0 Å². The number of benzene rings is 2. The summed E-state index contributed by atoms with van der Waals surface area (Å²) >= 11 is 14.3. The van der Waals surface area contributed by atoms with Gasteiger partial charge in [0.05, 0.1) is 5.02 Å². The van der Waals surface area contributed by atoms with E-state index in [0.29, 0.717) is 21.2 Å². The average Bonchev–Trinajstić information content (AvgIpc) is 2.86. The number of aromatic amines is 1. The van der Waals surface area contributed by atoms with Gasteiger partial charge in [-0.05, 0) is 52.9 Å². The van der Waals surface area contributed by atoms with Crippen LogP contribution in [0.5, 0.6) is 0 Å². The van der Waals surface area contributed by atoms with Crippen LogP contribution in [0.3, 0.4) is 0 Å². The molecule has 5 heteroatoms. The number of carbonyl (C=O) groups excluding carboxylic acids is 1. The summed E-state index contributed by atoms with van der Waals surface area (Å²) in [5.41, 5.74) is 1.99. The number of fused-ring (bicyclic) bond motifs is 1. The van der Waals surface area contributed by atoms with Gasteiger partial charge >= 0.3 is 0 Å². The number of nitrogens with one attached hydrogen (secondary N) is 1. The minimum absolute atomic E-state index is 0.0868. The van der Waals surface area contributed by atoms with Crippen molar-refractivity contribution in [3.8, 4) is 0 Å². The fourth-order valence-electron chi connectivity index (χ4n) is 2.14. The van der Waals surface area contributed by atoms with Crippen LogP contribution >= 0.6 is 45.8 Å². The molecule has 2 aromatic carbocycles. The Bertz CT molecular complexity index is 826. The number of carbonyl (C=O) groups is 1. The zero-order chi connectivity index (χ0) is 14.3. The largest absolute Gasteiger partial charge is 0.360 e. The van der Waals surface area contributed by atoms with Gasteiger partial charge in [0.2, 0.25) is 0 Å². The second-order valence-electron chi connectivity index (χ2n) is 4.32. The van der Waals surface area contributed by atoms with E-state index in [2.05, 4.69) is 27.6 Å². The number of rotatable bonds is 2. The van der Waals surface area contributed by atoms with Crippen molar-refractivity contribution >= 4 is 62.5 Å². The highest BCUT2D eigenvalue weighted by Crippen LogP contribution is 2.29. The maximum atomic E-state index is 12.7. The molecule has 0 aliphatic carbocycles. The van der Waals surface area contributed by atoms with Gasteiger partial charge in [-0.25, -0.2) is 0 Å². The van der Waals surface area contributed by atoms with Gasteiger partial charge in [0, 0.05) is 36.8 Å². The van der Waals surface area contributed by atoms with Crippen molar-refractivity contribution in [3.63, 3.8) is 0 Å². The molecular weight excluding hydrogens is 408 g/mol. The molecule has 1 heterocycles. The Morgan fingerprint density at radius 3 is 2.70 bits per heavy atom. The smallest absolute Gasteiger partial charge is 0.196 e. The van der Waals surface area contributed by atoms with E-state index in [1.54, 1.807) is 24.4 Å². The van der Waals surface area contributed by atoms with Crippen LogP contribution in [-0.4, -0.2) is 10.8 Å². The molecule has 1 N–H and O–H groups in total. The van der Waals surface area contributed by atoms with Crippen LogP contribution in [0, 0.1) is 3.57 Å². The molecular formula is C15H8Cl2INO. The Kier molecular flexibility index (Phi) is 3.75. The normalized spacial score (nSPS) is 10.9. The van der Waals surface area contributed by atoms with E-state index in [0.717, 1.165) is 14.5 Å². The van der Waals surface area contributed by atoms with Gasteiger partial charge in [-0.3, -0.25) is 4.79 Å². The van der Waals surface area contributed by atoms with E-state index in [1.807, 2.05) is 18.2 Å². The summed E-state index contributed by atoms with van der Waals surface area (Å²) in [6.07, 6.45) is 1.69. The third kappa shape index (κ3) is 2.34. The third-order valence-corrected chi connectivity index (χ3v) is 4.56. The maximum Gasteiger partial charge on any atom is 0.196 e. The average molecular weight is 416 g/mol. The van der Waals surface area contributed by atoms with Gasteiger partial charge in [-0.1, -0.05) is 29.3 Å². The predicted octanol–water partition coefficient (Wildman–Crippen LogP) is 5.31. The molecule has 0 bridgehead atoms. The molecule has 20 heavy (non-hydrogen) atoms. The lowest BCUT2D eigenvalue weighted by molar-refractivity contribution is 0.103. The molecule has 0 spiro atoms. The first-order valence-corrected chi connectivity index (χ1v) is 7.67. The number of hydrogen-bond donors (Lipinski definition) is 1. The minimum atomic E-state index is -0.0868. The number of aromatic nitrogens is 1. The zero-order valence-corrected chi connectivity index (χ0v) is 13.8. The molecule has 0 fully saturated rings. The van der Waals surface area contributed by atoms with Crippen LogP contribution in [0.1, 0.15) is 15.9 Å². The highest BCUT2D eigenvalue weighted by Gasteiger charge is 2.18. The lowest BCUT2D eigenvalue weighted by Gasteiger charge is -2.04. The predicted molar refractivity (Wildman–Crippen MR) is 90.9 cm³/mol. The van der Waals surface area contributed by atoms with Gasteiger partial charge in [-0.15, -0.1) is 0 Å². The van der Waals surface area contributed by atoms with Crippen LogP contribution in [0.4, 0.5) is 0 Å². The molecule has 0 radical (unpaired) electrons. The monoisotopic (exact) mass is 415 g/mol. The van der Waals surface area contributed by atoms with Crippen molar-refractivity contribution in [1.29, 1.82) is 0 Å². The molecule has 0 unspecified atom stereocenters. The Balaban J connectivity index is 2.21. The number of H-pyrrole nitrogens is 1. The van der Waals surface area contributed by atoms with Crippen molar-refractivity contribution < 1.29 is 4.79 Å². The van der Waals surface area contributed by atoms with E-state index in [1.165, 1.54) is 0 Å². The summed E-state index contributed by atoms with van der Waals surface area (Å²) in [5, 5.41) is 1.85. The number of hydrogen-bond acceptors (Lipinski definition) is 1. The molecule has 3 rings (SSSR count). The van der Waals surface area contributed by atoms with E-state index in [4.69, 9.17) is 23.2 Å². The van der Waals surface area contributed by atoms with Crippen molar-refractivity contribution in [3.05, 3.63) is 67.3 Å². The minimum Gasteiger partial charge on any atom is -0.360 e. The topological polar surface area (TPSA) is 32.9 Å². The van der Waals surface area contributed by atoms with Crippen molar-refractivity contribution in [2.45, 2.75) is 0 Å². The van der Waals surface area contributed by atoms with Crippen LogP contribution in [0.15, 0.2) is 42.6 Å². The van der Waals surface area contributed by atoms with Crippen molar-refractivity contribution in [2.75, 3.05) is 0 Å². The quantitative estimate of drug-likeness (QED) is 0.446. The molecule has 2 nitrogen and oxygen atoms in total. The first-order chi connectivity index (χ1) is 9.58. The standard InChI is InChI=1S/C15H8Cl2INO/c16-8-4-5-12(18)9(6-8)15(20)10-7-19-13-3-1-2-11(17)14(10)13/h1-7,19H.